The van der Waals surface area contributed by atoms with Gasteiger partial charge in [0.2, 0.25) is 0 Å². The maximum atomic E-state index is 12.9. The zero-order valence-corrected chi connectivity index (χ0v) is 11.2. The minimum atomic E-state index is -0.338. The van der Waals surface area contributed by atoms with Crippen molar-refractivity contribution in [3.8, 4) is 0 Å². The number of amidine groups is 1. The Morgan fingerprint density at radius 1 is 1.33 bits per heavy atom. The molecule has 1 aromatic carbocycles. The van der Waals surface area contributed by atoms with Crippen LogP contribution in [-0.4, -0.2) is 48.9 Å². The van der Waals surface area contributed by atoms with Crippen molar-refractivity contribution in [1.82, 2.24) is 9.80 Å². The van der Waals surface area contributed by atoms with Crippen LogP contribution in [0.5, 0.6) is 0 Å². The molecule has 18 heavy (non-hydrogen) atoms. The molecule has 2 rings (SSSR count). The van der Waals surface area contributed by atoms with Crippen LogP contribution in [0.2, 0.25) is 5.02 Å². The third kappa shape index (κ3) is 3.21. The minimum Gasteiger partial charge on any atom is -0.358 e. The van der Waals surface area contributed by atoms with E-state index in [1.54, 1.807) is 6.07 Å². The van der Waals surface area contributed by atoms with Crippen LogP contribution in [-0.2, 0) is 6.42 Å². The van der Waals surface area contributed by atoms with Gasteiger partial charge in [-0.1, -0.05) is 17.7 Å². The van der Waals surface area contributed by atoms with Crippen molar-refractivity contribution in [2.75, 3.05) is 33.2 Å². The molecule has 1 heterocycles. The van der Waals surface area contributed by atoms with E-state index in [0.29, 0.717) is 17.3 Å². The maximum absolute atomic E-state index is 12.9. The molecule has 0 unspecified atom stereocenters. The van der Waals surface area contributed by atoms with E-state index in [0.717, 1.165) is 31.7 Å². The second kappa shape index (κ2) is 5.67. The van der Waals surface area contributed by atoms with E-state index in [9.17, 15) is 4.39 Å². The summed E-state index contributed by atoms with van der Waals surface area (Å²) in [7, 11) is 2.08. The Labute approximate surface area is 112 Å². The number of hydrogen-bond acceptors (Lipinski definition) is 2. The molecule has 3 nitrogen and oxygen atoms in total. The number of halogens is 2. The number of benzene rings is 1. The van der Waals surface area contributed by atoms with Crippen molar-refractivity contribution in [2.45, 2.75) is 6.42 Å². The Balaban J connectivity index is 1.98. The van der Waals surface area contributed by atoms with Crippen LogP contribution in [0.1, 0.15) is 5.56 Å². The largest absolute Gasteiger partial charge is 0.358 e. The average Bonchev–Trinajstić information content (AvgIpc) is 2.33. The Bertz CT molecular complexity index is 442. The van der Waals surface area contributed by atoms with Crippen molar-refractivity contribution < 1.29 is 4.39 Å². The van der Waals surface area contributed by atoms with Crippen molar-refractivity contribution in [1.29, 1.82) is 5.41 Å². The molecular weight excluding hydrogens is 253 g/mol. The lowest BCUT2D eigenvalue weighted by atomic mass is 10.1. The van der Waals surface area contributed by atoms with Crippen LogP contribution in [0, 0.1) is 11.2 Å². The van der Waals surface area contributed by atoms with Gasteiger partial charge in [-0.05, 0) is 24.7 Å². The number of rotatable bonds is 2. The quantitative estimate of drug-likeness (QED) is 0.659. The van der Waals surface area contributed by atoms with Crippen LogP contribution in [0.4, 0.5) is 4.39 Å². The van der Waals surface area contributed by atoms with Crippen molar-refractivity contribution in [3.05, 3.63) is 34.6 Å². The van der Waals surface area contributed by atoms with Crippen LogP contribution < -0.4 is 0 Å². The molecule has 1 fully saturated rings. The van der Waals surface area contributed by atoms with Crippen LogP contribution in [0.15, 0.2) is 18.2 Å². The molecule has 1 aliphatic heterocycles. The molecular formula is C13H17ClFN3. The SMILES string of the molecule is CN1CCN(C(=N)Cc2ccc(F)cc2Cl)CC1. The van der Waals surface area contributed by atoms with E-state index < -0.39 is 0 Å². The molecule has 1 saturated heterocycles. The fraction of sp³-hybridized carbons (Fsp3) is 0.462. The van der Waals surface area contributed by atoms with Crippen LogP contribution in [0.3, 0.4) is 0 Å². The molecule has 0 bridgehead atoms. The van der Waals surface area contributed by atoms with Gasteiger partial charge in [0.15, 0.2) is 0 Å². The highest BCUT2D eigenvalue weighted by Gasteiger charge is 2.17. The molecule has 0 aliphatic carbocycles. The molecule has 0 radical (unpaired) electrons. The van der Waals surface area contributed by atoms with E-state index >= 15 is 0 Å². The lowest BCUT2D eigenvalue weighted by molar-refractivity contribution is 0.213. The molecule has 1 N–H and O–H groups in total. The van der Waals surface area contributed by atoms with Gasteiger partial charge in [-0.2, -0.15) is 0 Å². The maximum Gasteiger partial charge on any atom is 0.124 e. The molecule has 0 spiro atoms. The van der Waals surface area contributed by atoms with Gasteiger partial charge in [0.05, 0.1) is 0 Å². The summed E-state index contributed by atoms with van der Waals surface area (Å²) in [5.41, 5.74) is 0.807. The van der Waals surface area contributed by atoms with Gasteiger partial charge >= 0.3 is 0 Å². The topological polar surface area (TPSA) is 30.3 Å². The third-order valence-corrected chi connectivity index (χ3v) is 3.61. The van der Waals surface area contributed by atoms with E-state index in [-0.39, 0.29) is 5.82 Å². The summed E-state index contributed by atoms with van der Waals surface area (Å²) < 4.78 is 12.9. The molecule has 0 atom stereocenters. The summed E-state index contributed by atoms with van der Waals surface area (Å²) in [5, 5.41) is 8.49. The monoisotopic (exact) mass is 269 g/mol. The zero-order valence-electron chi connectivity index (χ0n) is 10.4. The van der Waals surface area contributed by atoms with Gasteiger partial charge in [0.25, 0.3) is 0 Å². The molecule has 0 amide bonds. The van der Waals surface area contributed by atoms with Gasteiger partial charge in [-0.25, -0.2) is 4.39 Å². The Morgan fingerprint density at radius 2 is 2.00 bits per heavy atom. The first-order valence-electron chi connectivity index (χ1n) is 6.01. The highest BCUT2D eigenvalue weighted by atomic mass is 35.5. The second-order valence-corrected chi connectivity index (χ2v) is 5.06. The summed E-state index contributed by atoms with van der Waals surface area (Å²) in [6, 6.07) is 4.34. The highest BCUT2D eigenvalue weighted by molar-refractivity contribution is 6.31. The molecule has 5 heteroatoms. The highest BCUT2D eigenvalue weighted by Crippen LogP contribution is 2.18. The summed E-state index contributed by atoms with van der Waals surface area (Å²) >= 11 is 5.97. The second-order valence-electron chi connectivity index (χ2n) is 4.65. The Hall–Kier alpha value is -1.13. The molecule has 1 aliphatic rings. The summed E-state index contributed by atoms with van der Waals surface area (Å²) in [4.78, 5) is 4.30. The van der Waals surface area contributed by atoms with E-state index in [1.807, 2.05) is 0 Å². The summed E-state index contributed by atoms with van der Waals surface area (Å²) in [6.45, 7) is 3.68. The molecule has 0 saturated carbocycles. The van der Waals surface area contributed by atoms with E-state index in [4.69, 9.17) is 17.0 Å². The minimum absolute atomic E-state index is 0.338. The smallest absolute Gasteiger partial charge is 0.124 e. The fourth-order valence-corrected chi connectivity index (χ4v) is 2.27. The van der Waals surface area contributed by atoms with Crippen molar-refractivity contribution >= 4 is 17.4 Å². The van der Waals surface area contributed by atoms with Crippen LogP contribution >= 0.6 is 11.6 Å². The van der Waals surface area contributed by atoms with Crippen molar-refractivity contribution in [3.63, 3.8) is 0 Å². The third-order valence-electron chi connectivity index (χ3n) is 3.26. The lowest BCUT2D eigenvalue weighted by Gasteiger charge is -2.34. The first-order chi connectivity index (χ1) is 8.56. The number of likely N-dealkylation sites (N-methyl/N-ethyl adjacent to an activating group) is 1. The number of piperazine rings is 1. The predicted octanol–water partition coefficient (Wildman–Crippen LogP) is 2.25. The first kappa shape index (κ1) is 13.3. The number of nitrogens with one attached hydrogen (secondary N) is 1. The summed E-state index contributed by atoms with van der Waals surface area (Å²) in [5.74, 6) is 0.214. The molecule has 98 valence electrons. The van der Waals surface area contributed by atoms with Gasteiger partial charge in [-0.3, -0.25) is 5.41 Å². The zero-order chi connectivity index (χ0) is 13.1. The lowest BCUT2D eigenvalue weighted by Crippen LogP contribution is -2.47. The summed E-state index contributed by atoms with van der Waals surface area (Å²) in [6.07, 6.45) is 0.461. The predicted molar refractivity (Wildman–Crippen MR) is 71.9 cm³/mol. The van der Waals surface area contributed by atoms with Gasteiger partial charge in [-0.15, -0.1) is 0 Å². The standard InChI is InChI=1S/C13H17ClFN3/c1-17-4-6-18(7-5-17)13(16)8-10-2-3-11(15)9-12(10)14/h2-3,9,16H,4-8H2,1H3. The molecule has 0 aromatic heterocycles. The number of hydrogen-bond donors (Lipinski definition) is 1. The van der Waals surface area contributed by atoms with E-state index in [1.165, 1.54) is 12.1 Å². The van der Waals surface area contributed by atoms with Gasteiger partial charge in [0, 0.05) is 37.6 Å². The van der Waals surface area contributed by atoms with E-state index in [2.05, 4.69) is 16.8 Å². The van der Waals surface area contributed by atoms with Gasteiger partial charge in [0.1, 0.15) is 11.7 Å². The number of nitrogens with zero attached hydrogens (tertiary/aromatic N) is 2. The Kier molecular flexibility index (Phi) is 4.19. The van der Waals surface area contributed by atoms with Gasteiger partial charge < -0.3 is 9.80 Å². The van der Waals surface area contributed by atoms with Crippen molar-refractivity contribution in [2.24, 2.45) is 0 Å². The normalized spacial score (nSPS) is 16.9. The first-order valence-corrected chi connectivity index (χ1v) is 6.39. The fourth-order valence-electron chi connectivity index (χ4n) is 2.03. The van der Waals surface area contributed by atoms with Crippen LogP contribution in [0.25, 0.3) is 0 Å². The Morgan fingerprint density at radius 3 is 2.61 bits per heavy atom. The molecule has 1 aromatic rings. The average molecular weight is 270 g/mol.